The summed E-state index contributed by atoms with van der Waals surface area (Å²) < 4.78 is 5.51. The quantitative estimate of drug-likeness (QED) is 0.469. The van der Waals surface area contributed by atoms with Gasteiger partial charge in [-0.15, -0.1) is 0 Å². The van der Waals surface area contributed by atoms with Gasteiger partial charge in [0.1, 0.15) is 34.9 Å². The number of fused-ring (bicyclic) bond motifs is 1. The van der Waals surface area contributed by atoms with E-state index >= 15 is 0 Å². The molecule has 2 aromatic heterocycles. The van der Waals surface area contributed by atoms with Gasteiger partial charge in [-0.3, -0.25) is 4.79 Å². The molecule has 1 aliphatic heterocycles. The lowest BCUT2D eigenvalue weighted by atomic mass is 9.89. The molecule has 0 bridgehead atoms. The van der Waals surface area contributed by atoms with E-state index in [4.69, 9.17) is 9.84 Å². The van der Waals surface area contributed by atoms with Gasteiger partial charge in [-0.25, -0.2) is 4.98 Å². The molecule has 2 aromatic rings. The summed E-state index contributed by atoms with van der Waals surface area (Å²) in [5.41, 5.74) is -0.829. The van der Waals surface area contributed by atoms with Crippen molar-refractivity contribution in [1.29, 1.82) is 0 Å². The Bertz CT molecular complexity index is 692. The van der Waals surface area contributed by atoms with Crippen LogP contribution in [0.1, 0.15) is 18.6 Å². The fourth-order valence-corrected chi connectivity index (χ4v) is 2.62. The maximum Gasteiger partial charge on any atom is 0.275 e. The second-order valence-electron chi connectivity index (χ2n) is 5.11. The monoisotopic (exact) mass is 281 g/mol. The maximum absolute atomic E-state index is 11.6. The SMILES string of the molecule is C[C@]1(O)[C@H](O)[C@@H](CO)O[C@H]1c1c[nH]c2c(=O)[nH]cnc12. The van der Waals surface area contributed by atoms with E-state index in [-0.39, 0.29) is 11.1 Å². The van der Waals surface area contributed by atoms with Crippen LogP contribution in [0.3, 0.4) is 0 Å². The topological polar surface area (TPSA) is 131 Å². The molecular formula is C12H15N3O5. The lowest BCUT2D eigenvalue weighted by Gasteiger charge is -2.26. The minimum atomic E-state index is -1.59. The van der Waals surface area contributed by atoms with Crippen LogP contribution in [0.15, 0.2) is 17.3 Å². The third-order valence-electron chi connectivity index (χ3n) is 3.75. The number of nitrogens with zero attached hydrogens (tertiary/aromatic N) is 1. The zero-order valence-electron chi connectivity index (χ0n) is 10.7. The van der Waals surface area contributed by atoms with Gasteiger partial charge in [0.2, 0.25) is 0 Å². The van der Waals surface area contributed by atoms with Gasteiger partial charge in [-0.05, 0) is 6.92 Å². The highest BCUT2D eigenvalue weighted by Gasteiger charge is 2.53. The molecule has 0 unspecified atom stereocenters. The van der Waals surface area contributed by atoms with Crippen molar-refractivity contribution in [3.63, 3.8) is 0 Å². The highest BCUT2D eigenvalue weighted by Crippen LogP contribution is 2.42. The Kier molecular flexibility index (Phi) is 2.91. The van der Waals surface area contributed by atoms with Gasteiger partial charge in [0.15, 0.2) is 0 Å². The molecule has 0 amide bonds. The molecule has 1 saturated heterocycles. The number of aromatic nitrogens is 3. The summed E-state index contributed by atoms with van der Waals surface area (Å²) in [4.78, 5) is 20.9. The first-order valence-electron chi connectivity index (χ1n) is 6.18. The molecule has 4 atom stereocenters. The van der Waals surface area contributed by atoms with Crippen LogP contribution >= 0.6 is 0 Å². The van der Waals surface area contributed by atoms with Crippen LogP contribution in [0.5, 0.6) is 0 Å². The van der Waals surface area contributed by atoms with Gasteiger partial charge in [0, 0.05) is 11.8 Å². The minimum absolute atomic E-state index is 0.267. The zero-order valence-corrected chi connectivity index (χ0v) is 10.7. The van der Waals surface area contributed by atoms with Crippen LogP contribution in [-0.4, -0.2) is 54.7 Å². The maximum atomic E-state index is 11.6. The fraction of sp³-hybridized carbons (Fsp3) is 0.500. The Morgan fingerprint density at radius 3 is 2.90 bits per heavy atom. The van der Waals surface area contributed by atoms with Crippen molar-refractivity contribution in [3.05, 3.63) is 28.4 Å². The molecule has 1 fully saturated rings. The lowest BCUT2D eigenvalue weighted by molar-refractivity contribution is -0.0641. The van der Waals surface area contributed by atoms with Crippen LogP contribution in [-0.2, 0) is 4.74 Å². The molecule has 0 aromatic carbocycles. The third-order valence-corrected chi connectivity index (χ3v) is 3.75. The van der Waals surface area contributed by atoms with Crippen molar-refractivity contribution in [2.75, 3.05) is 6.61 Å². The number of ether oxygens (including phenoxy) is 1. The number of rotatable bonds is 2. The number of hydrogen-bond acceptors (Lipinski definition) is 6. The summed E-state index contributed by atoms with van der Waals surface area (Å²) in [6.45, 7) is 1.01. The molecule has 5 N–H and O–H groups in total. The summed E-state index contributed by atoms with van der Waals surface area (Å²) in [5, 5.41) is 29.6. The first-order valence-corrected chi connectivity index (χ1v) is 6.18. The molecular weight excluding hydrogens is 266 g/mol. The van der Waals surface area contributed by atoms with Gasteiger partial charge >= 0.3 is 0 Å². The number of aliphatic hydroxyl groups is 3. The van der Waals surface area contributed by atoms with Crippen molar-refractivity contribution in [3.8, 4) is 0 Å². The third kappa shape index (κ3) is 1.70. The standard InChI is InChI=1S/C12H15N3O5/c1-12(19)9(17)6(3-16)20-10(12)5-2-13-8-7(5)14-4-15-11(8)18/h2,4,6,9-10,13,16-17,19H,3H2,1H3,(H,14,15,18)/t6-,9-,10+,12+/m1/s1. The van der Waals surface area contributed by atoms with Gasteiger partial charge in [-0.1, -0.05) is 0 Å². The van der Waals surface area contributed by atoms with Crippen molar-refractivity contribution in [1.82, 2.24) is 15.0 Å². The Hall–Kier alpha value is -1.74. The number of hydrogen-bond donors (Lipinski definition) is 5. The molecule has 1 aliphatic rings. The van der Waals surface area contributed by atoms with Crippen LogP contribution in [0.25, 0.3) is 11.0 Å². The molecule has 0 spiro atoms. The van der Waals surface area contributed by atoms with E-state index in [9.17, 15) is 15.0 Å². The molecule has 108 valence electrons. The first kappa shape index (κ1) is 13.3. The van der Waals surface area contributed by atoms with E-state index in [1.54, 1.807) is 0 Å². The number of aliphatic hydroxyl groups excluding tert-OH is 2. The molecule has 0 radical (unpaired) electrons. The number of H-pyrrole nitrogens is 2. The van der Waals surface area contributed by atoms with E-state index in [2.05, 4.69) is 15.0 Å². The van der Waals surface area contributed by atoms with E-state index < -0.39 is 30.5 Å². The van der Waals surface area contributed by atoms with Crippen LogP contribution in [0.2, 0.25) is 0 Å². The van der Waals surface area contributed by atoms with E-state index in [1.807, 2.05) is 0 Å². The molecule has 8 heteroatoms. The zero-order chi connectivity index (χ0) is 14.5. The van der Waals surface area contributed by atoms with Crippen LogP contribution in [0, 0.1) is 0 Å². The summed E-state index contributed by atoms with van der Waals surface area (Å²) in [6, 6.07) is 0. The Morgan fingerprint density at radius 1 is 1.50 bits per heavy atom. The highest BCUT2D eigenvalue weighted by molar-refractivity contribution is 5.78. The van der Waals surface area contributed by atoms with Gasteiger partial charge in [0.25, 0.3) is 5.56 Å². The molecule has 0 aliphatic carbocycles. The van der Waals surface area contributed by atoms with Crippen LogP contribution < -0.4 is 5.56 Å². The summed E-state index contributed by atoms with van der Waals surface area (Å²) >= 11 is 0. The van der Waals surface area contributed by atoms with Gasteiger partial charge in [-0.2, -0.15) is 0 Å². The average Bonchev–Trinajstić information content (AvgIpc) is 2.92. The van der Waals surface area contributed by atoms with E-state index in [1.165, 1.54) is 19.4 Å². The number of nitrogens with one attached hydrogen (secondary N) is 2. The normalized spacial score (nSPS) is 33.9. The fourth-order valence-electron chi connectivity index (χ4n) is 2.62. The van der Waals surface area contributed by atoms with Crippen molar-refractivity contribution in [2.24, 2.45) is 0 Å². The predicted octanol–water partition coefficient (Wildman–Crippen LogP) is -1.20. The Morgan fingerprint density at radius 2 is 2.25 bits per heavy atom. The second-order valence-corrected chi connectivity index (χ2v) is 5.11. The van der Waals surface area contributed by atoms with E-state index in [0.717, 1.165) is 0 Å². The minimum Gasteiger partial charge on any atom is -0.394 e. The Balaban J connectivity index is 2.12. The molecule has 20 heavy (non-hydrogen) atoms. The largest absolute Gasteiger partial charge is 0.394 e. The van der Waals surface area contributed by atoms with Gasteiger partial charge in [0.05, 0.1) is 12.9 Å². The van der Waals surface area contributed by atoms with Crippen molar-refractivity contribution < 1.29 is 20.1 Å². The second kappa shape index (κ2) is 4.38. The van der Waals surface area contributed by atoms with E-state index in [0.29, 0.717) is 11.1 Å². The molecule has 3 heterocycles. The van der Waals surface area contributed by atoms with Crippen molar-refractivity contribution >= 4 is 11.0 Å². The van der Waals surface area contributed by atoms with Gasteiger partial charge < -0.3 is 30.0 Å². The first-order chi connectivity index (χ1) is 9.46. The lowest BCUT2D eigenvalue weighted by Crippen LogP contribution is -2.42. The number of aromatic amines is 2. The predicted molar refractivity (Wildman–Crippen MR) is 68.0 cm³/mol. The summed E-state index contributed by atoms with van der Waals surface area (Å²) in [5.74, 6) is 0. The molecule has 8 nitrogen and oxygen atoms in total. The highest BCUT2D eigenvalue weighted by atomic mass is 16.6. The summed E-state index contributed by atoms with van der Waals surface area (Å²) in [6.07, 6.45) is -0.242. The Labute approximate surface area is 113 Å². The van der Waals surface area contributed by atoms with Crippen LogP contribution in [0.4, 0.5) is 0 Å². The smallest absolute Gasteiger partial charge is 0.275 e. The molecule has 3 rings (SSSR count). The summed E-state index contributed by atoms with van der Waals surface area (Å²) in [7, 11) is 0. The molecule has 0 saturated carbocycles. The average molecular weight is 281 g/mol. The van der Waals surface area contributed by atoms with Crippen molar-refractivity contribution in [2.45, 2.75) is 30.8 Å².